The third-order valence-electron chi connectivity index (χ3n) is 3.43. The van der Waals surface area contributed by atoms with Gasteiger partial charge in [-0.1, -0.05) is 6.92 Å². The van der Waals surface area contributed by atoms with Crippen LogP contribution in [0.5, 0.6) is 0 Å². The molecule has 0 saturated carbocycles. The van der Waals surface area contributed by atoms with E-state index in [0.29, 0.717) is 17.3 Å². The number of hydrogen-bond acceptors (Lipinski definition) is 4. The van der Waals surface area contributed by atoms with Crippen LogP contribution in [-0.2, 0) is 10.0 Å². The first-order chi connectivity index (χ1) is 8.72. The van der Waals surface area contributed by atoms with E-state index in [4.69, 9.17) is 10.9 Å². The minimum absolute atomic E-state index is 0.101. The molecule has 1 rings (SSSR count). The largest absolute Gasteiger partial charge is 0.399 e. The molecule has 0 saturated heterocycles. The smallest absolute Gasteiger partial charge is 0.238 e. The topological polar surface area (TPSA) is 89.4 Å². The highest BCUT2D eigenvalue weighted by Gasteiger charge is 2.20. The van der Waals surface area contributed by atoms with E-state index in [1.54, 1.807) is 13.0 Å². The Morgan fingerprint density at radius 1 is 1.32 bits per heavy atom. The first kappa shape index (κ1) is 15.8. The molecule has 1 aromatic carbocycles. The highest BCUT2D eigenvalue weighted by molar-refractivity contribution is 7.89. The number of rotatable bonds is 5. The first-order valence-corrected chi connectivity index (χ1v) is 7.96. The maximum Gasteiger partial charge on any atom is 0.238 e. The van der Waals surface area contributed by atoms with Crippen molar-refractivity contribution in [1.29, 1.82) is 0 Å². The minimum atomic E-state index is -3.76. The van der Waals surface area contributed by atoms with Gasteiger partial charge < -0.3 is 10.6 Å². The van der Waals surface area contributed by atoms with Crippen molar-refractivity contribution >= 4 is 21.4 Å². The van der Waals surface area contributed by atoms with Crippen molar-refractivity contribution in [2.24, 2.45) is 5.14 Å². The lowest BCUT2D eigenvalue weighted by Gasteiger charge is -2.31. The SMILES string of the molecule is CCC(C)N(CC)c1cc(N)cc(S(N)(=O)=O)c1C. The molecule has 0 spiro atoms. The summed E-state index contributed by atoms with van der Waals surface area (Å²) < 4.78 is 23.2. The Labute approximate surface area is 115 Å². The Hall–Kier alpha value is -1.27. The Morgan fingerprint density at radius 3 is 2.32 bits per heavy atom. The summed E-state index contributed by atoms with van der Waals surface area (Å²) in [4.78, 5) is 2.24. The molecule has 1 unspecified atom stereocenters. The van der Waals surface area contributed by atoms with E-state index in [0.717, 1.165) is 18.7 Å². The van der Waals surface area contributed by atoms with Crippen LogP contribution < -0.4 is 15.8 Å². The number of primary sulfonamides is 1. The summed E-state index contributed by atoms with van der Waals surface area (Å²) in [6, 6.07) is 3.52. The number of anilines is 2. The lowest BCUT2D eigenvalue weighted by Crippen LogP contribution is -2.33. The molecule has 0 radical (unpaired) electrons. The Kier molecular flexibility index (Phi) is 4.81. The molecule has 1 aromatic rings. The standard InChI is InChI=1S/C13H23N3O2S/c1-5-9(3)16(6-2)12-7-11(14)8-13(10(12)4)19(15,17)18/h7-9H,5-6,14H2,1-4H3,(H2,15,17,18). The molecule has 0 fully saturated rings. The van der Waals surface area contributed by atoms with Gasteiger partial charge in [0.1, 0.15) is 0 Å². The van der Waals surface area contributed by atoms with E-state index < -0.39 is 10.0 Å². The van der Waals surface area contributed by atoms with Gasteiger partial charge in [0.2, 0.25) is 10.0 Å². The van der Waals surface area contributed by atoms with Gasteiger partial charge in [0, 0.05) is 24.0 Å². The van der Waals surface area contributed by atoms with E-state index >= 15 is 0 Å². The van der Waals surface area contributed by atoms with Gasteiger partial charge in [-0.2, -0.15) is 0 Å². The monoisotopic (exact) mass is 285 g/mol. The van der Waals surface area contributed by atoms with Crippen molar-refractivity contribution in [1.82, 2.24) is 0 Å². The van der Waals surface area contributed by atoms with E-state index in [1.807, 2.05) is 6.92 Å². The van der Waals surface area contributed by atoms with Gasteiger partial charge in [-0.05, 0) is 44.9 Å². The van der Waals surface area contributed by atoms with Crippen molar-refractivity contribution in [3.05, 3.63) is 17.7 Å². The molecular weight excluding hydrogens is 262 g/mol. The molecular formula is C13H23N3O2S. The maximum atomic E-state index is 11.6. The summed E-state index contributed by atoms with van der Waals surface area (Å²) in [5.74, 6) is 0. The molecule has 0 aliphatic heterocycles. The fourth-order valence-electron chi connectivity index (χ4n) is 2.23. The lowest BCUT2D eigenvalue weighted by atomic mass is 10.1. The Bertz CT molecular complexity index is 555. The quantitative estimate of drug-likeness (QED) is 0.808. The molecule has 0 aliphatic carbocycles. The summed E-state index contributed by atoms with van der Waals surface area (Å²) in [5.41, 5.74) is 7.71. The van der Waals surface area contributed by atoms with Crippen LogP contribution in [0.3, 0.4) is 0 Å². The van der Waals surface area contributed by atoms with Crippen LogP contribution >= 0.6 is 0 Å². The van der Waals surface area contributed by atoms with Gasteiger partial charge in [0.05, 0.1) is 4.90 Å². The Morgan fingerprint density at radius 2 is 1.89 bits per heavy atom. The van der Waals surface area contributed by atoms with E-state index in [1.165, 1.54) is 6.07 Å². The molecule has 0 aliphatic rings. The maximum absolute atomic E-state index is 11.6. The van der Waals surface area contributed by atoms with Gasteiger partial charge in [-0.3, -0.25) is 0 Å². The zero-order chi connectivity index (χ0) is 14.8. The lowest BCUT2D eigenvalue weighted by molar-refractivity contribution is 0.596. The number of nitrogens with zero attached hydrogens (tertiary/aromatic N) is 1. The molecule has 19 heavy (non-hydrogen) atoms. The van der Waals surface area contributed by atoms with Crippen LogP contribution in [0.15, 0.2) is 17.0 Å². The van der Waals surface area contributed by atoms with Crippen molar-refractivity contribution in [2.75, 3.05) is 17.2 Å². The van der Waals surface area contributed by atoms with Crippen LogP contribution in [-0.4, -0.2) is 21.0 Å². The number of hydrogen-bond donors (Lipinski definition) is 2. The van der Waals surface area contributed by atoms with Gasteiger partial charge in [0.15, 0.2) is 0 Å². The average molecular weight is 285 g/mol. The predicted molar refractivity (Wildman–Crippen MR) is 79.7 cm³/mol. The van der Waals surface area contributed by atoms with Crippen molar-refractivity contribution in [3.63, 3.8) is 0 Å². The second kappa shape index (κ2) is 5.79. The van der Waals surface area contributed by atoms with Gasteiger partial charge in [-0.25, -0.2) is 13.6 Å². The molecule has 1 atom stereocenters. The molecule has 0 heterocycles. The van der Waals surface area contributed by atoms with Crippen LogP contribution in [0.1, 0.15) is 32.8 Å². The van der Waals surface area contributed by atoms with Gasteiger partial charge in [0.25, 0.3) is 0 Å². The first-order valence-electron chi connectivity index (χ1n) is 6.41. The molecule has 0 aromatic heterocycles. The van der Waals surface area contributed by atoms with Crippen molar-refractivity contribution in [3.8, 4) is 0 Å². The molecule has 0 bridgehead atoms. The summed E-state index contributed by atoms with van der Waals surface area (Å²) in [5, 5.41) is 5.24. The number of nitrogen functional groups attached to an aromatic ring is 1. The number of benzene rings is 1. The highest BCUT2D eigenvalue weighted by atomic mass is 32.2. The zero-order valence-electron chi connectivity index (χ0n) is 12.0. The van der Waals surface area contributed by atoms with Crippen LogP contribution in [0, 0.1) is 6.92 Å². The number of nitrogens with two attached hydrogens (primary N) is 2. The minimum Gasteiger partial charge on any atom is -0.399 e. The number of sulfonamides is 1. The van der Waals surface area contributed by atoms with Crippen LogP contribution in [0.4, 0.5) is 11.4 Å². The molecule has 5 nitrogen and oxygen atoms in total. The second-order valence-electron chi connectivity index (χ2n) is 4.75. The molecule has 0 amide bonds. The summed E-state index contributed by atoms with van der Waals surface area (Å²) in [6.07, 6.45) is 0.965. The predicted octanol–water partition coefficient (Wildman–Crippen LogP) is 1.85. The zero-order valence-corrected chi connectivity index (χ0v) is 12.8. The second-order valence-corrected chi connectivity index (χ2v) is 6.28. The molecule has 6 heteroatoms. The normalized spacial score (nSPS) is 13.3. The summed E-state index contributed by atoms with van der Waals surface area (Å²) in [6.45, 7) is 8.77. The average Bonchev–Trinajstić information content (AvgIpc) is 2.32. The van der Waals surface area contributed by atoms with E-state index in [9.17, 15) is 8.42 Å². The molecule has 108 valence electrons. The van der Waals surface area contributed by atoms with E-state index in [2.05, 4.69) is 18.7 Å². The highest BCUT2D eigenvalue weighted by Crippen LogP contribution is 2.30. The van der Waals surface area contributed by atoms with E-state index in [-0.39, 0.29) is 4.90 Å². The van der Waals surface area contributed by atoms with Crippen LogP contribution in [0.25, 0.3) is 0 Å². The Balaban J connectivity index is 3.48. The summed E-state index contributed by atoms with van der Waals surface area (Å²) in [7, 11) is -3.76. The third-order valence-corrected chi connectivity index (χ3v) is 4.47. The summed E-state index contributed by atoms with van der Waals surface area (Å²) >= 11 is 0. The van der Waals surface area contributed by atoms with Crippen molar-refractivity contribution < 1.29 is 8.42 Å². The fraction of sp³-hybridized carbons (Fsp3) is 0.538. The third kappa shape index (κ3) is 3.39. The van der Waals surface area contributed by atoms with Crippen LogP contribution in [0.2, 0.25) is 0 Å². The molecule has 4 N–H and O–H groups in total. The van der Waals surface area contributed by atoms with Gasteiger partial charge in [-0.15, -0.1) is 0 Å². The van der Waals surface area contributed by atoms with Crippen molar-refractivity contribution in [2.45, 2.75) is 45.1 Å². The fourth-order valence-corrected chi connectivity index (χ4v) is 3.06. The van der Waals surface area contributed by atoms with Gasteiger partial charge >= 0.3 is 0 Å².